The van der Waals surface area contributed by atoms with Crippen molar-refractivity contribution in [3.8, 4) is 116 Å². The zero-order valence-corrected chi connectivity index (χ0v) is 51.4. The van der Waals surface area contributed by atoms with Crippen LogP contribution in [0.4, 0.5) is 0 Å². The van der Waals surface area contributed by atoms with E-state index >= 15 is 0 Å². The molecule has 0 saturated heterocycles. The molecule has 17 aromatic rings. The maximum absolute atomic E-state index is 10.7. The highest BCUT2D eigenvalue weighted by molar-refractivity contribution is 6.17. The highest BCUT2D eigenvalue weighted by Gasteiger charge is 2.34. The molecule has 446 valence electrons. The number of pyridine rings is 2. The zero-order chi connectivity index (χ0) is 66.4. The van der Waals surface area contributed by atoms with Gasteiger partial charge in [0.05, 0.1) is 149 Å². The van der Waals surface area contributed by atoms with Gasteiger partial charge in [0.2, 0.25) is 0 Å². The quantitative estimate of drug-likeness (QED) is 0.139. The largest absolute Gasteiger partial charge is 0.305 e. The van der Waals surface area contributed by atoms with Crippen LogP contribution in [0.5, 0.6) is 0 Å². The van der Waals surface area contributed by atoms with E-state index in [-0.39, 0.29) is 0 Å². The number of fused-ring (bicyclic) bond motifs is 12. The predicted octanol–water partition coefficient (Wildman–Crippen LogP) is 18.5. The summed E-state index contributed by atoms with van der Waals surface area (Å²) in [7, 11) is 0. The van der Waals surface area contributed by atoms with E-state index in [4.69, 9.17) is 9.97 Å². The fourth-order valence-electron chi connectivity index (χ4n) is 14.3. The van der Waals surface area contributed by atoms with Crippen molar-refractivity contribution in [1.29, 1.82) is 42.1 Å². The van der Waals surface area contributed by atoms with E-state index in [1.165, 1.54) is 0 Å². The second-order valence-corrected chi connectivity index (χ2v) is 23.8. The summed E-state index contributed by atoms with van der Waals surface area (Å²) in [4.78, 5) is 11.7. The van der Waals surface area contributed by atoms with E-state index in [2.05, 4.69) is 91.1 Å². The van der Waals surface area contributed by atoms with E-state index in [0.29, 0.717) is 177 Å². The fraction of sp³-hybridized carbons (Fsp3) is 0. The number of nitriles is 8. The van der Waals surface area contributed by atoms with Crippen molar-refractivity contribution in [1.82, 2.24) is 28.2 Å². The lowest BCUT2D eigenvalue weighted by Gasteiger charge is -2.28. The Morgan fingerprint density at radius 2 is 0.469 bits per heavy atom. The third-order valence-corrected chi connectivity index (χ3v) is 18.5. The molecule has 0 N–H and O–H groups in total. The molecule has 0 unspecified atom stereocenters. The average molecular weight is 1250 g/mol. The number of benzene rings is 11. The number of hydrogen-bond acceptors (Lipinski definition) is 10. The van der Waals surface area contributed by atoms with Gasteiger partial charge in [-0.3, -0.25) is 9.13 Å². The number of hydrogen-bond donors (Lipinski definition) is 0. The molecule has 0 saturated carbocycles. The van der Waals surface area contributed by atoms with E-state index in [1.807, 2.05) is 170 Å². The van der Waals surface area contributed by atoms with Crippen molar-refractivity contribution in [3.05, 3.63) is 287 Å². The number of aromatic nitrogens is 6. The Morgan fingerprint density at radius 1 is 0.224 bits per heavy atom. The van der Waals surface area contributed by atoms with Crippen LogP contribution in [-0.4, -0.2) is 28.2 Å². The van der Waals surface area contributed by atoms with Crippen LogP contribution in [0.3, 0.4) is 0 Å². The minimum absolute atomic E-state index is 0.344. The average Bonchev–Trinajstić information content (AvgIpc) is 0.947. The Kier molecular flexibility index (Phi) is 12.9. The molecule has 98 heavy (non-hydrogen) atoms. The van der Waals surface area contributed by atoms with Gasteiger partial charge >= 0.3 is 0 Å². The van der Waals surface area contributed by atoms with Gasteiger partial charge in [-0.15, -0.1) is 0 Å². The molecular weight excluding hydrogens is 1210 g/mol. The highest BCUT2D eigenvalue weighted by Crippen LogP contribution is 2.52. The summed E-state index contributed by atoms with van der Waals surface area (Å²) in [5, 5.41) is 90.8. The Balaban J connectivity index is 1.20. The van der Waals surface area contributed by atoms with Crippen LogP contribution in [0.25, 0.3) is 155 Å². The van der Waals surface area contributed by atoms with Crippen LogP contribution >= 0.6 is 0 Å². The normalized spacial score (nSPS) is 11.2. The molecule has 17 rings (SSSR count). The van der Waals surface area contributed by atoms with Gasteiger partial charge in [0, 0.05) is 59.8 Å². The molecule has 0 bridgehead atoms. The highest BCUT2D eigenvalue weighted by atomic mass is 15.2. The van der Waals surface area contributed by atoms with E-state index in [0.717, 1.165) is 22.3 Å². The third kappa shape index (κ3) is 8.67. The smallest absolute Gasteiger partial charge is 0.165 e. The van der Waals surface area contributed by atoms with Crippen LogP contribution in [0, 0.1) is 90.6 Å². The topological polar surface area (TPSA) is 236 Å². The second-order valence-electron chi connectivity index (χ2n) is 23.8. The first-order valence-electron chi connectivity index (χ1n) is 31.1. The van der Waals surface area contributed by atoms with Gasteiger partial charge in [0.25, 0.3) is 0 Å². The molecule has 0 aliphatic carbocycles. The molecule has 0 aliphatic heterocycles. The summed E-state index contributed by atoms with van der Waals surface area (Å²) in [6, 6.07) is 95.3. The van der Waals surface area contributed by atoms with Crippen molar-refractivity contribution in [2.75, 3.05) is 0 Å². The first kappa shape index (κ1) is 56.8. The maximum atomic E-state index is 10.7. The summed E-state index contributed by atoms with van der Waals surface area (Å²) in [6.45, 7) is 0. The van der Waals surface area contributed by atoms with Gasteiger partial charge in [-0.05, 0) is 174 Å². The maximum Gasteiger partial charge on any atom is 0.165 e. The van der Waals surface area contributed by atoms with Gasteiger partial charge in [0.1, 0.15) is 11.4 Å². The molecule has 14 nitrogen and oxygen atoms in total. The van der Waals surface area contributed by atoms with Crippen LogP contribution in [0.15, 0.2) is 243 Å². The summed E-state index contributed by atoms with van der Waals surface area (Å²) in [5.41, 5.74) is 15.1. The molecule has 0 aliphatic rings. The molecule has 0 fully saturated rings. The lowest BCUT2D eigenvalue weighted by molar-refractivity contribution is 0.961. The van der Waals surface area contributed by atoms with Gasteiger partial charge in [-0.25, -0.2) is 9.97 Å². The summed E-state index contributed by atoms with van der Waals surface area (Å²) < 4.78 is 8.44. The minimum Gasteiger partial charge on any atom is -0.305 e. The Morgan fingerprint density at radius 3 is 0.735 bits per heavy atom. The molecule has 6 aromatic heterocycles. The Labute approximate surface area is 558 Å². The first-order chi connectivity index (χ1) is 48.2. The van der Waals surface area contributed by atoms with Crippen molar-refractivity contribution in [2.45, 2.75) is 0 Å². The molecular formula is C84H40N14. The minimum atomic E-state index is 0.344. The fourth-order valence-corrected chi connectivity index (χ4v) is 14.3. The summed E-state index contributed by atoms with van der Waals surface area (Å²) in [6.07, 6.45) is 0. The standard InChI is InChI=1S/C84H40N14/c85-41-49-15-23-72-62(31-49)63-32-50(42-86)16-24-73(63)95(72)81-80(61-14-8-7-13-60(61)59-39-70(57-9-3-1-4-10-57)93-71(40-59)58-11-5-2-6-12-58)82(96-74-25-17-51(43-87)33-64(74)65-34-52(44-88)18-26-75(65)96)84(98-78-29-21-55(47-91)37-68(78)69-38-56(48-92)22-30-79(69)98)94-83(81)97-76-27-19-53(45-89)35-66(76)67-36-54(46-90)20-28-77(67)97/h1-40H. The molecule has 6 heterocycles. The van der Waals surface area contributed by atoms with E-state index in [1.54, 1.807) is 48.5 Å². The van der Waals surface area contributed by atoms with Crippen molar-refractivity contribution < 1.29 is 0 Å². The van der Waals surface area contributed by atoms with E-state index in [9.17, 15) is 42.1 Å². The number of nitrogens with zero attached hydrogens (tertiary/aromatic N) is 14. The SMILES string of the molecule is N#Cc1ccc2c(c1)c1cc(C#N)ccc1n2-c1nc(-n2c3ccc(C#N)cc3c3cc(C#N)ccc32)c(-n2c3ccc(C#N)cc3c3cc(C#N)ccc32)c(-c2ccccc2-c2cc(-c3ccccc3)nc(-c3ccccc3)c2)c1-n1c2ccc(C#N)cc2c2cc(C#N)ccc21. The van der Waals surface area contributed by atoms with Gasteiger partial charge in [0.15, 0.2) is 11.6 Å². The second kappa shape index (κ2) is 22.3. The van der Waals surface area contributed by atoms with Gasteiger partial charge < -0.3 is 9.13 Å². The molecule has 14 heteroatoms. The lowest BCUT2D eigenvalue weighted by Crippen LogP contribution is -2.16. The van der Waals surface area contributed by atoms with Crippen molar-refractivity contribution >= 4 is 87.2 Å². The number of rotatable bonds is 8. The van der Waals surface area contributed by atoms with Crippen molar-refractivity contribution in [3.63, 3.8) is 0 Å². The monoisotopic (exact) mass is 1240 g/mol. The van der Waals surface area contributed by atoms with Crippen molar-refractivity contribution in [2.24, 2.45) is 0 Å². The molecule has 0 amide bonds. The van der Waals surface area contributed by atoms with Crippen LogP contribution in [0.1, 0.15) is 44.5 Å². The summed E-state index contributed by atoms with van der Waals surface area (Å²) >= 11 is 0. The van der Waals surface area contributed by atoms with E-state index < -0.39 is 0 Å². The van der Waals surface area contributed by atoms with Crippen LogP contribution < -0.4 is 0 Å². The van der Waals surface area contributed by atoms with Crippen LogP contribution in [-0.2, 0) is 0 Å². The molecule has 0 spiro atoms. The molecule has 0 atom stereocenters. The van der Waals surface area contributed by atoms with Crippen LogP contribution in [0.2, 0.25) is 0 Å². The third-order valence-electron chi connectivity index (χ3n) is 18.5. The Bertz CT molecular complexity index is 6120. The lowest BCUT2D eigenvalue weighted by atomic mass is 9.91. The zero-order valence-electron chi connectivity index (χ0n) is 51.4. The summed E-state index contributed by atoms with van der Waals surface area (Å²) in [5.74, 6) is 0.688. The molecule has 11 aromatic carbocycles. The Hall–Kier alpha value is -15.2. The van der Waals surface area contributed by atoms with Gasteiger partial charge in [-0.1, -0.05) is 84.9 Å². The first-order valence-corrected chi connectivity index (χ1v) is 31.1. The molecule has 0 radical (unpaired) electrons. The van der Waals surface area contributed by atoms with Gasteiger partial charge in [-0.2, -0.15) is 42.1 Å². The predicted molar refractivity (Wildman–Crippen MR) is 379 cm³/mol.